The van der Waals surface area contributed by atoms with Crippen molar-refractivity contribution in [1.29, 1.82) is 0 Å². The minimum atomic E-state index is -0.993. The van der Waals surface area contributed by atoms with Crippen molar-refractivity contribution >= 4 is 29.6 Å². The van der Waals surface area contributed by atoms with Crippen LogP contribution in [0.1, 0.15) is 56.6 Å². The van der Waals surface area contributed by atoms with E-state index in [1.807, 2.05) is 67.6 Å². The number of hydrogen-bond donors (Lipinski definition) is 6. The molecule has 0 spiro atoms. The number of nitrogens with one attached hydrogen (secondary N) is 3. The molecule has 0 aromatic heterocycles. The lowest BCUT2D eigenvalue weighted by molar-refractivity contribution is -0.138. The fraction of sp³-hybridized carbons (Fsp3) is 0.514. The Labute approximate surface area is 283 Å². The van der Waals surface area contributed by atoms with E-state index in [0.29, 0.717) is 71.4 Å². The molecule has 4 amide bonds. The molecule has 1 aliphatic heterocycles. The van der Waals surface area contributed by atoms with Crippen LogP contribution in [0.15, 0.2) is 65.7 Å². The van der Waals surface area contributed by atoms with Crippen molar-refractivity contribution in [3.63, 3.8) is 0 Å². The zero-order valence-corrected chi connectivity index (χ0v) is 27.9. The molecule has 1 saturated heterocycles. The lowest BCUT2D eigenvalue weighted by Gasteiger charge is -2.29. The van der Waals surface area contributed by atoms with Crippen molar-refractivity contribution in [1.82, 2.24) is 20.9 Å². The standard InChI is InChI=1S/C35H52N8O5/c1-2-3-16-28(32(45)41-29(17-10-18-39-35(37)38)34(47)43-19-11-21-48-22-20-43)40-33(46)30(24-26-14-8-5-9-15-26)42-31(44)27(36)23-25-12-6-4-7-13-25/h4-9,12-15,27-30H,2-3,10-11,16-24,36H2,1H3,(H,40,46)(H,41,45)(H,42,44)(H4,37,38,39)/t27-,28-,29-,30-/m1/s1. The van der Waals surface area contributed by atoms with Gasteiger partial charge in [0, 0.05) is 32.7 Å². The SMILES string of the molecule is CCCC[C@@H](NC(=O)[C@@H](Cc1ccccc1)NC(=O)[C@H](N)Cc1ccccc1)C(=O)N[C@H](CCCN=C(N)N)C(=O)N1CCCOCC1. The molecule has 1 fully saturated rings. The predicted octanol–water partition coefficient (Wildman–Crippen LogP) is 0.746. The number of carbonyl (C=O) groups is 4. The number of guanidine groups is 1. The number of benzene rings is 2. The molecule has 48 heavy (non-hydrogen) atoms. The first kappa shape index (κ1) is 38.0. The molecule has 3 rings (SSSR count). The van der Waals surface area contributed by atoms with Crippen LogP contribution in [0.4, 0.5) is 0 Å². The van der Waals surface area contributed by atoms with Crippen LogP contribution in [-0.2, 0) is 36.8 Å². The van der Waals surface area contributed by atoms with Gasteiger partial charge in [0.25, 0.3) is 0 Å². The Kier molecular flexibility index (Phi) is 16.4. The van der Waals surface area contributed by atoms with Gasteiger partial charge in [-0.2, -0.15) is 0 Å². The summed E-state index contributed by atoms with van der Waals surface area (Å²) in [7, 11) is 0. The molecule has 0 bridgehead atoms. The summed E-state index contributed by atoms with van der Waals surface area (Å²) < 4.78 is 5.51. The molecule has 0 unspecified atom stereocenters. The smallest absolute Gasteiger partial charge is 0.245 e. The largest absolute Gasteiger partial charge is 0.380 e. The van der Waals surface area contributed by atoms with E-state index in [2.05, 4.69) is 20.9 Å². The highest BCUT2D eigenvalue weighted by Crippen LogP contribution is 2.11. The maximum atomic E-state index is 13.8. The second-order valence-electron chi connectivity index (χ2n) is 12.1. The maximum absolute atomic E-state index is 13.8. The van der Waals surface area contributed by atoms with E-state index >= 15 is 0 Å². The van der Waals surface area contributed by atoms with Crippen LogP contribution in [0, 0.1) is 0 Å². The Hall–Kier alpha value is -4.49. The molecule has 262 valence electrons. The van der Waals surface area contributed by atoms with Crippen LogP contribution < -0.4 is 33.2 Å². The van der Waals surface area contributed by atoms with Gasteiger partial charge in [-0.3, -0.25) is 24.2 Å². The fourth-order valence-corrected chi connectivity index (χ4v) is 5.47. The summed E-state index contributed by atoms with van der Waals surface area (Å²) in [6.45, 7) is 4.20. The monoisotopic (exact) mass is 664 g/mol. The van der Waals surface area contributed by atoms with Crippen molar-refractivity contribution in [3.05, 3.63) is 71.8 Å². The fourth-order valence-electron chi connectivity index (χ4n) is 5.47. The molecule has 2 aromatic rings. The van der Waals surface area contributed by atoms with Gasteiger partial charge in [-0.1, -0.05) is 80.4 Å². The Morgan fingerprint density at radius 2 is 1.35 bits per heavy atom. The van der Waals surface area contributed by atoms with E-state index < -0.39 is 41.9 Å². The zero-order valence-electron chi connectivity index (χ0n) is 27.9. The molecular weight excluding hydrogens is 612 g/mol. The average Bonchev–Trinajstić information content (AvgIpc) is 3.38. The Bertz CT molecular complexity index is 1310. The molecule has 9 N–H and O–H groups in total. The van der Waals surface area contributed by atoms with Gasteiger partial charge in [-0.15, -0.1) is 0 Å². The Balaban J connectivity index is 1.77. The number of unbranched alkanes of at least 4 members (excludes halogenated alkanes) is 1. The van der Waals surface area contributed by atoms with E-state index in [4.69, 9.17) is 21.9 Å². The van der Waals surface area contributed by atoms with Gasteiger partial charge in [0.1, 0.15) is 18.1 Å². The third kappa shape index (κ3) is 13.3. The molecule has 1 heterocycles. The molecule has 0 aliphatic carbocycles. The van der Waals surface area contributed by atoms with Crippen LogP contribution in [0.2, 0.25) is 0 Å². The molecule has 13 heteroatoms. The van der Waals surface area contributed by atoms with Gasteiger partial charge in [0.15, 0.2) is 5.96 Å². The Morgan fingerprint density at radius 1 is 0.771 bits per heavy atom. The molecule has 0 radical (unpaired) electrons. The summed E-state index contributed by atoms with van der Waals surface area (Å²) in [6.07, 6.45) is 3.74. The van der Waals surface area contributed by atoms with Gasteiger partial charge in [0.05, 0.1) is 12.6 Å². The molecule has 4 atom stereocenters. The number of amides is 4. The van der Waals surface area contributed by atoms with E-state index in [1.54, 1.807) is 4.90 Å². The van der Waals surface area contributed by atoms with Crippen molar-refractivity contribution in [3.8, 4) is 0 Å². The van der Waals surface area contributed by atoms with Crippen LogP contribution in [0.5, 0.6) is 0 Å². The highest BCUT2D eigenvalue weighted by Gasteiger charge is 2.32. The van der Waals surface area contributed by atoms with Crippen LogP contribution in [0.25, 0.3) is 0 Å². The number of hydrogen-bond acceptors (Lipinski definition) is 7. The number of carbonyl (C=O) groups excluding carboxylic acids is 4. The third-order valence-corrected chi connectivity index (χ3v) is 8.12. The molecule has 13 nitrogen and oxygen atoms in total. The molecule has 2 aromatic carbocycles. The molecule has 0 saturated carbocycles. The minimum absolute atomic E-state index is 0.0490. The van der Waals surface area contributed by atoms with E-state index in [1.165, 1.54) is 0 Å². The summed E-state index contributed by atoms with van der Waals surface area (Å²) in [5.74, 6) is -1.74. The Morgan fingerprint density at radius 3 is 2.00 bits per heavy atom. The van der Waals surface area contributed by atoms with Crippen molar-refractivity contribution in [2.24, 2.45) is 22.2 Å². The number of nitrogens with zero attached hydrogens (tertiary/aromatic N) is 2. The second kappa shape index (κ2) is 20.7. The number of nitrogens with two attached hydrogens (primary N) is 3. The highest BCUT2D eigenvalue weighted by molar-refractivity contribution is 5.95. The lowest BCUT2D eigenvalue weighted by atomic mass is 10.0. The first-order valence-corrected chi connectivity index (χ1v) is 16.8. The van der Waals surface area contributed by atoms with E-state index in [0.717, 1.165) is 17.5 Å². The summed E-state index contributed by atoms with van der Waals surface area (Å²) in [4.78, 5) is 60.2. The zero-order chi connectivity index (χ0) is 34.7. The van der Waals surface area contributed by atoms with Crippen molar-refractivity contribution < 1.29 is 23.9 Å². The second-order valence-corrected chi connectivity index (χ2v) is 12.1. The van der Waals surface area contributed by atoms with E-state index in [9.17, 15) is 19.2 Å². The van der Waals surface area contributed by atoms with Gasteiger partial charge in [-0.05, 0) is 43.2 Å². The quantitative estimate of drug-likeness (QED) is 0.0760. The topological polar surface area (TPSA) is 207 Å². The lowest BCUT2D eigenvalue weighted by Crippen LogP contribution is -2.58. The third-order valence-electron chi connectivity index (χ3n) is 8.12. The summed E-state index contributed by atoms with van der Waals surface area (Å²) in [6, 6.07) is 15.0. The number of ether oxygens (including phenoxy) is 1. The van der Waals surface area contributed by atoms with Gasteiger partial charge >= 0.3 is 0 Å². The first-order chi connectivity index (χ1) is 23.2. The highest BCUT2D eigenvalue weighted by atomic mass is 16.5. The first-order valence-electron chi connectivity index (χ1n) is 16.8. The van der Waals surface area contributed by atoms with Crippen LogP contribution in [-0.4, -0.2) is 91.5 Å². The van der Waals surface area contributed by atoms with Crippen LogP contribution >= 0.6 is 0 Å². The summed E-state index contributed by atoms with van der Waals surface area (Å²) in [5.41, 5.74) is 18.9. The maximum Gasteiger partial charge on any atom is 0.245 e. The average molecular weight is 665 g/mol. The molecule has 1 aliphatic rings. The number of rotatable bonds is 18. The number of aliphatic imine (C=N–C) groups is 1. The van der Waals surface area contributed by atoms with Gasteiger partial charge < -0.3 is 42.8 Å². The summed E-state index contributed by atoms with van der Waals surface area (Å²) in [5, 5.41) is 8.61. The van der Waals surface area contributed by atoms with Gasteiger partial charge in [0.2, 0.25) is 23.6 Å². The van der Waals surface area contributed by atoms with Gasteiger partial charge in [-0.25, -0.2) is 0 Å². The normalized spacial score (nSPS) is 15.6. The van der Waals surface area contributed by atoms with E-state index in [-0.39, 0.29) is 18.3 Å². The van der Waals surface area contributed by atoms with Crippen molar-refractivity contribution in [2.45, 2.75) is 82.5 Å². The summed E-state index contributed by atoms with van der Waals surface area (Å²) >= 11 is 0. The minimum Gasteiger partial charge on any atom is -0.380 e. The van der Waals surface area contributed by atoms with Crippen LogP contribution in [0.3, 0.4) is 0 Å². The van der Waals surface area contributed by atoms with Crippen molar-refractivity contribution in [2.75, 3.05) is 32.8 Å². The molecular formula is C35H52N8O5. The predicted molar refractivity (Wildman–Crippen MR) is 186 cm³/mol.